The molecule has 0 bridgehead atoms. The van der Waals surface area contributed by atoms with Crippen molar-refractivity contribution >= 4 is 5.91 Å². The van der Waals surface area contributed by atoms with Crippen LogP contribution in [0.15, 0.2) is 12.2 Å². The van der Waals surface area contributed by atoms with Crippen LogP contribution >= 0.6 is 0 Å². The minimum absolute atomic E-state index is 0.00231. The van der Waals surface area contributed by atoms with Crippen molar-refractivity contribution in [2.24, 2.45) is 0 Å². The van der Waals surface area contributed by atoms with E-state index in [2.05, 4.69) is 6.58 Å². The Hall–Kier alpha value is -0.860. The van der Waals surface area contributed by atoms with Gasteiger partial charge in [0.05, 0.1) is 0 Å². The summed E-state index contributed by atoms with van der Waals surface area (Å²) in [6.07, 6.45) is 0. The lowest BCUT2D eigenvalue weighted by atomic mass is 10.3. The van der Waals surface area contributed by atoms with Crippen LogP contribution < -0.4 is 0 Å². The smallest absolute Gasteiger partial charge is 0.267 e. The zero-order valence-corrected chi connectivity index (χ0v) is 4.94. The molecular weight excluding hydrogens is 109 g/mol. The Morgan fingerprint density at radius 2 is 2.12 bits per heavy atom. The first-order chi connectivity index (χ1) is 3.55. The lowest BCUT2D eigenvalue weighted by molar-refractivity contribution is -0.138. The predicted molar refractivity (Wildman–Crippen MR) is 28.7 cm³/mol. The van der Waals surface area contributed by atoms with Gasteiger partial charge in [-0.25, -0.2) is 0 Å². The monoisotopic (exact) mass is 117 g/mol. The molecule has 0 saturated carbocycles. The number of hydrogen-bond acceptors (Lipinski definition) is 1. The van der Waals surface area contributed by atoms with Gasteiger partial charge >= 0.3 is 0 Å². The Balaban J connectivity index is 3.84. The second-order valence-corrected chi connectivity index (χ2v) is 1.56. The van der Waals surface area contributed by atoms with Gasteiger partial charge in [0.15, 0.2) is 0 Å². The second kappa shape index (κ2) is 2.45. The topological polar surface area (TPSA) is 20.3 Å². The first-order valence-corrected chi connectivity index (χ1v) is 2.15. The molecule has 0 unspecified atom stereocenters. The van der Waals surface area contributed by atoms with Crippen molar-refractivity contribution in [2.45, 2.75) is 6.92 Å². The summed E-state index contributed by atoms with van der Waals surface area (Å²) in [5.74, 6) is -0.676. The highest BCUT2D eigenvalue weighted by Crippen LogP contribution is 1.93. The van der Waals surface area contributed by atoms with Crippen LogP contribution in [0, 0.1) is 0 Å². The van der Waals surface area contributed by atoms with Gasteiger partial charge in [-0.15, -0.1) is 0 Å². The molecular formula is C5H8FNO. The second-order valence-electron chi connectivity index (χ2n) is 1.56. The summed E-state index contributed by atoms with van der Waals surface area (Å²) >= 11 is 0. The number of carbonyl (C=O) groups excluding carboxylic acids is 1. The number of amides is 1. The van der Waals surface area contributed by atoms with Crippen LogP contribution in [0.1, 0.15) is 6.92 Å². The van der Waals surface area contributed by atoms with Gasteiger partial charge in [0, 0.05) is 12.6 Å². The van der Waals surface area contributed by atoms with Crippen molar-refractivity contribution in [3.05, 3.63) is 12.2 Å². The van der Waals surface area contributed by atoms with E-state index in [1.807, 2.05) is 0 Å². The molecule has 1 amide bonds. The Labute approximate surface area is 47.5 Å². The van der Waals surface area contributed by atoms with E-state index >= 15 is 0 Å². The van der Waals surface area contributed by atoms with Gasteiger partial charge < -0.3 is 0 Å². The maximum absolute atomic E-state index is 11.8. The molecule has 0 aromatic carbocycles. The molecule has 0 saturated heterocycles. The maximum Gasteiger partial charge on any atom is 0.276 e. The third-order valence-corrected chi connectivity index (χ3v) is 0.645. The van der Waals surface area contributed by atoms with Crippen LogP contribution in [0.3, 0.4) is 0 Å². The summed E-state index contributed by atoms with van der Waals surface area (Å²) in [5.41, 5.74) is 0.204. The molecule has 46 valence electrons. The lowest BCUT2D eigenvalue weighted by Gasteiger charge is -2.01. The van der Waals surface area contributed by atoms with Gasteiger partial charge in [-0.2, -0.15) is 5.12 Å². The van der Waals surface area contributed by atoms with E-state index < -0.39 is 5.91 Å². The Bertz CT molecular complexity index is 120. The molecule has 0 radical (unpaired) electrons. The fourth-order valence-corrected chi connectivity index (χ4v) is 0.263. The highest BCUT2D eigenvalue weighted by Gasteiger charge is 2.05. The number of nitrogens with zero attached hydrogens (tertiary/aromatic N) is 1. The number of carbonyl (C=O) groups is 1. The van der Waals surface area contributed by atoms with Gasteiger partial charge in [-0.1, -0.05) is 11.1 Å². The molecule has 0 aliphatic heterocycles. The van der Waals surface area contributed by atoms with E-state index in [1.165, 1.54) is 6.92 Å². The van der Waals surface area contributed by atoms with E-state index in [-0.39, 0.29) is 10.7 Å². The molecule has 0 aliphatic rings. The summed E-state index contributed by atoms with van der Waals surface area (Å²) in [4.78, 5) is 10.3. The minimum atomic E-state index is -0.676. The van der Waals surface area contributed by atoms with Gasteiger partial charge in [-0.05, 0) is 6.92 Å². The molecule has 0 aliphatic carbocycles. The number of halogens is 1. The number of rotatable bonds is 1. The normalized spacial score (nSPS) is 8.38. The first-order valence-electron chi connectivity index (χ1n) is 2.15. The standard InChI is InChI=1S/C5H8FNO/c1-4(2)5(8)7(3)6/h1H2,2-3H3. The number of hydrogen-bond donors (Lipinski definition) is 0. The predicted octanol–water partition coefficient (Wildman–Crippen LogP) is 0.905. The van der Waals surface area contributed by atoms with Crippen LogP contribution in [-0.4, -0.2) is 18.1 Å². The molecule has 0 atom stereocenters. The van der Waals surface area contributed by atoms with Crippen LogP contribution in [0.2, 0.25) is 0 Å². The molecule has 8 heavy (non-hydrogen) atoms. The molecule has 3 heteroatoms. The highest BCUT2D eigenvalue weighted by atomic mass is 19.2. The lowest BCUT2D eigenvalue weighted by Crippen LogP contribution is -2.17. The van der Waals surface area contributed by atoms with Crippen LogP contribution in [0.5, 0.6) is 0 Å². The molecule has 0 aromatic heterocycles. The molecule has 0 fully saturated rings. The van der Waals surface area contributed by atoms with Gasteiger partial charge in [0.2, 0.25) is 0 Å². The van der Waals surface area contributed by atoms with E-state index in [4.69, 9.17) is 0 Å². The summed E-state index contributed by atoms with van der Waals surface area (Å²) in [7, 11) is 1.04. The zero-order chi connectivity index (χ0) is 6.73. The van der Waals surface area contributed by atoms with E-state index in [0.29, 0.717) is 0 Å². The fraction of sp³-hybridized carbons (Fsp3) is 0.400. The SMILES string of the molecule is C=C(C)C(=O)N(C)F. The van der Waals surface area contributed by atoms with Crippen molar-refractivity contribution in [1.82, 2.24) is 5.12 Å². The van der Waals surface area contributed by atoms with Gasteiger partial charge in [0.25, 0.3) is 5.91 Å². The third kappa shape index (κ3) is 1.73. The average Bonchev–Trinajstić information content (AvgIpc) is 1.64. The Morgan fingerprint density at radius 1 is 1.75 bits per heavy atom. The van der Waals surface area contributed by atoms with Crippen molar-refractivity contribution < 1.29 is 9.28 Å². The van der Waals surface area contributed by atoms with E-state index in [9.17, 15) is 9.28 Å². The largest absolute Gasteiger partial charge is 0.276 e. The van der Waals surface area contributed by atoms with Crippen LogP contribution in [-0.2, 0) is 4.79 Å². The average molecular weight is 117 g/mol. The van der Waals surface area contributed by atoms with Crippen molar-refractivity contribution in [3.8, 4) is 0 Å². The molecule has 0 aromatic rings. The quantitative estimate of drug-likeness (QED) is 0.369. The summed E-state index contributed by atoms with van der Waals surface area (Å²) in [6.45, 7) is 4.70. The van der Waals surface area contributed by atoms with E-state index in [0.717, 1.165) is 7.05 Å². The van der Waals surface area contributed by atoms with Crippen molar-refractivity contribution in [2.75, 3.05) is 7.05 Å². The van der Waals surface area contributed by atoms with Crippen LogP contribution in [0.4, 0.5) is 4.48 Å². The molecule has 0 heterocycles. The van der Waals surface area contributed by atoms with Crippen molar-refractivity contribution in [3.63, 3.8) is 0 Å². The van der Waals surface area contributed by atoms with Gasteiger partial charge in [0.1, 0.15) is 0 Å². The summed E-state index contributed by atoms with van der Waals surface area (Å²) in [6, 6.07) is 0. The Morgan fingerprint density at radius 3 is 2.12 bits per heavy atom. The fourth-order valence-electron chi connectivity index (χ4n) is 0.263. The summed E-state index contributed by atoms with van der Waals surface area (Å²) < 4.78 is 11.8. The van der Waals surface area contributed by atoms with Crippen molar-refractivity contribution in [1.29, 1.82) is 0 Å². The molecule has 0 N–H and O–H groups in total. The van der Waals surface area contributed by atoms with Gasteiger partial charge in [-0.3, -0.25) is 4.79 Å². The van der Waals surface area contributed by atoms with Crippen LogP contribution in [0.25, 0.3) is 0 Å². The van der Waals surface area contributed by atoms with E-state index in [1.54, 1.807) is 0 Å². The molecule has 2 nitrogen and oxygen atoms in total. The first kappa shape index (κ1) is 7.14. The molecule has 0 spiro atoms. The maximum atomic E-state index is 11.8. The number of likely N-dealkylation sites (N-methyl/N-ethyl adjacent to an activating group) is 1. The summed E-state index contributed by atoms with van der Waals surface area (Å²) in [5, 5.41) is 0.00231. The molecule has 0 rings (SSSR count). The highest BCUT2D eigenvalue weighted by molar-refractivity contribution is 5.91. The minimum Gasteiger partial charge on any atom is -0.267 e. The Kier molecular flexibility index (Phi) is 2.19. The third-order valence-electron chi connectivity index (χ3n) is 0.645. The zero-order valence-electron chi connectivity index (χ0n) is 4.94.